The second-order valence-corrected chi connectivity index (χ2v) is 5.73. The normalized spacial score (nSPS) is 13.2. The maximum absolute atomic E-state index is 12.2. The van der Waals surface area contributed by atoms with E-state index in [4.69, 9.17) is 4.42 Å². The minimum Gasteiger partial charge on any atom is -0.467 e. The number of hydrogen-bond acceptors (Lipinski definition) is 3. The van der Waals surface area contributed by atoms with Crippen LogP contribution in [0.25, 0.3) is 0 Å². The summed E-state index contributed by atoms with van der Waals surface area (Å²) in [4.78, 5) is 23.9. The molecule has 1 aromatic heterocycles. The SMILES string of the molecule is O=C(CNC(=O)c1ccc2c(c1)CCCC2)NCc1ccco1. The smallest absolute Gasteiger partial charge is 0.251 e. The van der Waals surface area contributed by atoms with Gasteiger partial charge in [-0.05, 0) is 61.1 Å². The molecule has 5 nitrogen and oxygen atoms in total. The van der Waals surface area contributed by atoms with Gasteiger partial charge in [0, 0.05) is 5.56 Å². The number of aryl methyl sites for hydroxylation is 2. The quantitative estimate of drug-likeness (QED) is 0.889. The van der Waals surface area contributed by atoms with Crippen molar-refractivity contribution in [2.45, 2.75) is 32.2 Å². The average molecular weight is 312 g/mol. The van der Waals surface area contributed by atoms with Crippen molar-refractivity contribution < 1.29 is 14.0 Å². The van der Waals surface area contributed by atoms with Crippen molar-refractivity contribution in [2.24, 2.45) is 0 Å². The molecule has 5 heteroatoms. The lowest BCUT2D eigenvalue weighted by atomic mass is 9.90. The Morgan fingerprint density at radius 3 is 2.65 bits per heavy atom. The highest BCUT2D eigenvalue weighted by Crippen LogP contribution is 2.22. The number of furan rings is 1. The third kappa shape index (κ3) is 4.00. The standard InChI is InChI=1S/C18H20N2O3/c21-17(19-11-16-6-3-9-23-16)12-20-18(22)15-8-7-13-4-1-2-5-14(13)10-15/h3,6-10H,1-2,4-5,11-12H2,(H,19,21)(H,20,22). The zero-order chi connectivity index (χ0) is 16.1. The van der Waals surface area contributed by atoms with Gasteiger partial charge in [-0.15, -0.1) is 0 Å². The molecule has 0 atom stereocenters. The molecule has 0 spiro atoms. The van der Waals surface area contributed by atoms with Gasteiger partial charge in [-0.2, -0.15) is 0 Å². The minimum atomic E-state index is -0.243. The second kappa shape index (κ2) is 7.13. The molecule has 120 valence electrons. The van der Waals surface area contributed by atoms with E-state index in [-0.39, 0.29) is 18.4 Å². The molecule has 2 amide bonds. The average Bonchev–Trinajstić information content (AvgIpc) is 3.11. The third-order valence-electron chi connectivity index (χ3n) is 4.06. The molecule has 1 aliphatic carbocycles. The van der Waals surface area contributed by atoms with E-state index in [0.29, 0.717) is 17.9 Å². The van der Waals surface area contributed by atoms with Gasteiger partial charge in [-0.3, -0.25) is 9.59 Å². The van der Waals surface area contributed by atoms with Crippen LogP contribution in [0.4, 0.5) is 0 Å². The van der Waals surface area contributed by atoms with Crippen molar-refractivity contribution in [3.8, 4) is 0 Å². The Balaban J connectivity index is 1.50. The van der Waals surface area contributed by atoms with Crippen LogP contribution in [-0.2, 0) is 24.2 Å². The van der Waals surface area contributed by atoms with Crippen molar-refractivity contribution >= 4 is 11.8 Å². The molecule has 3 rings (SSSR count). The molecule has 0 saturated carbocycles. The highest BCUT2D eigenvalue weighted by atomic mass is 16.3. The van der Waals surface area contributed by atoms with E-state index in [9.17, 15) is 9.59 Å². The number of benzene rings is 1. The molecule has 1 heterocycles. The van der Waals surface area contributed by atoms with Crippen molar-refractivity contribution in [1.29, 1.82) is 0 Å². The van der Waals surface area contributed by atoms with Gasteiger partial charge in [0.1, 0.15) is 5.76 Å². The summed E-state index contributed by atoms with van der Waals surface area (Å²) in [6.07, 6.45) is 6.06. The third-order valence-corrected chi connectivity index (χ3v) is 4.06. The molecule has 0 saturated heterocycles. The lowest BCUT2D eigenvalue weighted by Crippen LogP contribution is -2.36. The largest absolute Gasteiger partial charge is 0.467 e. The van der Waals surface area contributed by atoms with Gasteiger partial charge in [0.2, 0.25) is 5.91 Å². The first-order valence-electron chi connectivity index (χ1n) is 7.91. The van der Waals surface area contributed by atoms with Gasteiger partial charge in [-0.25, -0.2) is 0 Å². The first-order chi connectivity index (χ1) is 11.2. The summed E-state index contributed by atoms with van der Waals surface area (Å²) in [5.41, 5.74) is 3.21. The first kappa shape index (κ1) is 15.3. The van der Waals surface area contributed by atoms with E-state index >= 15 is 0 Å². The molecule has 0 fully saturated rings. The van der Waals surface area contributed by atoms with Crippen LogP contribution >= 0.6 is 0 Å². The topological polar surface area (TPSA) is 71.3 Å². The van der Waals surface area contributed by atoms with Crippen LogP contribution in [-0.4, -0.2) is 18.4 Å². The summed E-state index contributed by atoms with van der Waals surface area (Å²) in [5, 5.41) is 5.35. The van der Waals surface area contributed by atoms with Gasteiger partial charge in [0.25, 0.3) is 5.91 Å². The summed E-state index contributed by atoms with van der Waals surface area (Å²) in [5.74, 6) is 0.221. The zero-order valence-corrected chi connectivity index (χ0v) is 12.9. The number of hydrogen-bond donors (Lipinski definition) is 2. The zero-order valence-electron chi connectivity index (χ0n) is 12.9. The highest BCUT2D eigenvalue weighted by Gasteiger charge is 2.13. The Kier molecular flexibility index (Phi) is 4.76. The fourth-order valence-corrected chi connectivity index (χ4v) is 2.80. The molecule has 0 aliphatic heterocycles. The van der Waals surface area contributed by atoms with Gasteiger partial charge < -0.3 is 15.1 Å². The van der Waals surface area contributed by atoms with E-state index in [1.807, 2.05) is 18.2 Å². The van der Waals surface area contributed by atoms with Crippen molar-refractivity contribution in [3.63, 3.8) is 0 Å². The molecule has 1 aromatic carbocycles. The number of amides is 2. The molecule has 0 unspecified atom stereocenters. The van der Waals surface area contributed by atoms with Gasteiger partial charge in [0.15, 0.2) is 0 Å². The van der Waals surface area contributed by atoms with Crippen LogP contribution in [0.2, 0.25) is 0 Å². The van der Waals surface area contributed by atoms with Crippen molar-refractivity contribution in [1.82, 2.24) is 10.6 Å². The number of fused-ring (bicyclic) bond motifs is 1. The maximum Gasteiger partial charge on any atom is 0.251 e. The summed E-state index contributed by atoms with van der Waals surface area (Å²) in [6, 6.07) is 9.36. The summed E-state index contributed by atoms with van der Waals surface area (Å²) >= 11 is 0. The maximum atomic E-state index is 12.2. The second-order valence-electron chi connectivity index (χ2n) is 5.73. The monoisotopic (exact) mass is 312 g/mol. The molecule has 0 radical (unpaired) electrons. The lowest BCUT2D eigenvalue weighted by molar-refractivity contribution is -0.120. The van der Waals surface area contributed by atoms with Crippen molar-refractivity contribution in [2.75, 3.05) is 6.54 Å². The van der Waals surface area contributed by atoms with Gasteiger partial charge >= 0.3 is 0 Å². The van der Waals surface area contributed by atoms with Crippen molar-refractivity contribution in [3.05, 3.63) is 59.0 Å². The molecular formula is C18H20N2O3. The highest BCUT2D eigenvalue weighted by molar-refractivity contribution is 5.96. The van der Waals surface area contributed by atoms with E-state index in [1.165, 1.54) is 24.0 Å². The number of rotatable bonds is 5. The van der Waals surface area contributed by atoms with Crippen LogP contribution < -0.4 is 10.6 Å². The van der Waals surface area contributed by atoms with Crippen LogP contribution in [0.5, 0.6) is 0 Å². The van der Waals surface area contributed by atoms with Crippen LogP contribution in [0.15, 0.2) is 41.0 Å². The number of nitrogens with one attached hydrogen (secondary N) is 2. The number of carbonyl (C=O) groups excluding carboxylic acids is 2. The Morgan fingerprint density at radius 2 is 1.87 bits per heavy atom. The summed E-state index contributed by atoms with van der Waals surface area (Å²) in [6.45, 7) is 0.275. The predicted molar refractivity (Wildman–Crippen MR) is 86.0 cm³/mol. The van der Waals surface area contributed by atoms with Crippen LogP contribution in [0, 0.1) is 0 Å². The molecule has 1 aliphatic rings. The Bertz CT molecular complexity index is 692. The van der Waals surface area contributed by atoms with E-state index < -0.39 is 0 Å². The Hall–Kier alpha value is -2.56. The van der Waals surface area contributed by atoms with Crippen LogP contribution in [0.3, 0.4) is 0 Å². The molecule has 2 aromatic rings. The molecular weight excluding hydrogens is 292 g/mol. The van der Waals surface area contributed by atoms with E-state index in [1.54, 1.807) is 18.4 Å². The lowest BCUT2D eigenvalue weighted by Gasteiger charge is -2.16. The predicted octanol–water partition coefficient (Wildman–Crippen LogP) is 2.20. The molecule has 0 bridgehead atoms. The van der Waals surface area contributed by atoms with Crippen LogP contribution in [0.1, 0.15) is 40.1 Å². The molecule has 2 N–H and O–H groups in total. The Labute approximate surface area is 135 Å². The van der Waals surface area contributed by atoms with E-state index in [0.717, 1.165) is 12.8 Å². The minimum absolute atomic E-state index is 0.0450. The van der Waals surface area contributed by atoms with E-state index in [2.05, 4.69) is 10.6 Å². The summed E-state index contributed by atoms with van der Waals surface area (Å²) in [7, 11) is 0. The number of carbonyl (C=O) groups is 2. The fraction of sp³-hybridized carbons (Fsp3) is 0.333. The first-order valence-corrected chi connectivity index (χ1v) is 7.91. The van der Waals surface area contributed by atoms with Gasteiger partial charge in [-0.1, -0.05) is 6.07 Å². The molecule has 23 heavy (non-hydrogen) atoms. The summed E-state index contributed by atoms with van der Waals surface area (Å²) < 4.78 is 5.13. The van der Waals surface area contributed by atoms with Gasteiger partial charge in [0.05, 0.1) is 19.4 Å². The fourth-order valence-electron chi connectivity index (χ4n) is 2.80. The Morgan fingerprint density at radius 1 is 1.04 bits per heavy atom.